The summed E-state index contributed by atoms with van der Waals surface area (Å²) in [5.74, 6) is 1.37. The van der Waals surface area contributed by atoms with E-state index in [0.29, 0.717) is 34.0 Å². The number of rotatable bonds is 9. The summed E-state index contributed by atoms with van der Waals surface area (Å²) in [5.41, 5.74) is 1.73. The molecule has 6 N–H and O–H groups in total. The molecule has 1 unspecified atom stereocenters. The summed E-state index contributed by atoms with van der Waals surface area (Å²) < 4.78 is 31.8. The van der Waals surface area contributed by atoms with Gasteiger partial charge in [-0.3, -0.25) is 4.52 Å². The Morgan fingerprint density at radius 1 is 1.21 bits per heavy atom. The number of hydrogen-bond acceptors (Lipinski definition) is 11. The van der Waals surface area contributed by atoms with Crippen molar-refractivity contribution in [2.45, 2.75) is 31.1 Å². The lowest BCUT2D eigenvalue weighted by atomic mass is 10.1. The van der Waals surface area contributed by atoms with E-state index in [0.717, 1.165) is 0 Å². The third-order valence-electron chi connectivity index (χ3n) is 4.91. The van der Waals surface area contributed by atoms with Crippen molar-refractivity contribution in [3.05, 3.63) is 36.4 Å². The van der Waals surface area contributed by atoms with Crippen molar-refractivity contribution in [2.24, 2.45) is 0 Å². The number of anilines is 1. The van der Waals surface area contributed by atoms with E-state index in [1.165, 1.54) is 19.8 Å². The minimum absolute atomic E-state index is 0.230. The second-order valence-electron chi connectivity index (χ2n) is 7.08. The van der Waals surface area contributed by atoms with E-state index in [-0.39, 0.29) is 6.54 Å². The van der Waals surface area contributed by atoms with E-state index in [1.807, 2.05) is 0 Å². The van der Waals surface area contributed by atoms with Gasteiger partial charge < -0.3 is 44.5 Å². The van der Waals surface area contributed by atoms with Crippen molar-refractivity contribution in [3.63, 3.8) is 0 Å². The SMILES string of the molecule is COc1ccc(OC2O[C@H](COP(=O)(O)O)[C@@H](O)[C@H]2O)c(CNc2ncnc3nc[nH]c23)c1. The maximum Gasteiger partial charge on any atom is 0.469 e. The number of aromatic nitrogens is 4. The molecular formula is C18H22N5O9P. The smallest absolute Gasteiger partial charge is 0.469 e. The first-order valence-electron chi connectivity index (χ1n) is 9.68. The molecule has 33 heavy (non-hydrogen) atoms. The van der Waals surface area contributed by atoms with E-state index in [1.54, 1.807) is 18.2 Å². The van der Waals surface area contributed by atoms with Gasteiger partial charge in [0.1, 0.15) is 41.7 Å². The highest BCUT2D eigenvalue weighted by Crippen LogP contribution is 2.37. The molecule has 4 atom stereocenters. The minimum atomic E-state index is -4.77. The van der Waals surface area contributed by atoms with Crippen LogP contribution in [0.25, 0.3) is 11.2 Å². The number of ether oxygens (including phenoxy) is 3. The van der Waals surface area contributed by atoms with E-state index >= 15 is 0 Å². The van der Waals surface area contributed by atoms with Gasteiger partial charge in [0.15, 0.2) is 11.5 Å². The van der Waals surface area contributed by atoms with Gasteiger partial charge in [0.25, 0.3) is 0 Å². The number of aliphatic hydroxyl groups is 2. The van der Waals surface area contributed by atoms with E-state index < -0.39 is 39.0 Å². The van der Waals surface area contributed by atoms with Crippen LogP contribution in [0.15, 0.2) is 30.9 Å². The van der Waals surface area contributed by atoms with Gasteiger partial charge in [-0.2, -0.15) is 0 Å². The van der Waals surface area contributed by atoms with Crippen molar-refractivity contribution in [3.8, 4) is 11.5 Å². The minimum Gasteiger partial charge on any atom is -0.497 e. The molecule has 1 aromatic carbocycles. The number of aliphatic hydroxyl groups excluding tert-OH is 2. The number of imidazole rings is 1. The number of nitrogens with zero attached hydrogens (tertiary/aromatic N) is 3. The monoisotopic (exact) mass is 483 g/mol. The van der Waals surface area contributed by atoms with Gasteiger partial charge in [0.05, 0.1) is 20.0 Å². The summed E-state index contributed by atoms with van der Waals surface area (Å²) in [5, 5.41) is 23.6. The fraction of sp³-hybridized carbons (Fsp3) is 0.389. The fourth-order valence-electron chi connectivity index (χ4n) is 3.26. The maximum atomic E-state index is 10.9. The lowest BCUT2D eigenvalue weighted by Gasteiger charge is -2.20. The summed E-state index contributed by atoms with van der Waals surface area (Å²) in [6.07, 6.45) is -2.59. The summed E-state index contributed by atoms with van der Waals surface area (Å²) in [7, 11) is -3.26. The Morgan fingerprint density at radius 2 is 2.03 bits per heavy atom. The van der Waals surface area contributed by atoms with Crippen molar-refractivity contribution in [2.75, 3.05) is 19.0 Å². The van der Waals surface area contributed by atoms with Crippen molar-refractivity contribution >= 4 is 24.8 Å². The number of methoxy groups -OCH3 is 1. The van der Waals surface area contributed by atoms with Crippen molar-refractivity contribution in [1.82, 2.24) is 19.9 Å². The van der Waals surface area contributed by atoms with Crippen LogP contribution in [0.3, 0.4) is 0 Å². The Morgan fingerprint density at radius 3 is 2.79 bits per heavy atom. The molecule has 14 nitrogen and oxygen atoms in total. The number of fused-ring (bicyclic) bond motifs is 1. The molecule has 0 aliphatic carbocycles. The van der Waals surface area contributed by atoms with E-state index in [2.05, 4.69) is 29.8 Å². The van der Waals surface area contributed by atoms with Gasteiger partial charge in [-0.1, -0.05) is 0 Å². The topological polar surface area (TPSA) is 201 Å². The molecule has 3 aromatic rings. The molecule has 178 valence electrons. The zero-order valence-corrected chi connectivity index (χ0v) is 18.1. The van der Waals surface area contributed by atoms with Gasteiger partial charge in [0, 0.05) is 12.1 Å². The molecule has 15 heteroatoms. The van der Waals surface area contributed by atoms with Crippen LogP contribution in [0, 0.1) is 0 Å². The summed E-state index contributed by atoms with van der Waals surface area (Å²) in [6, 6.07) is 4.95. The molecule has 1 aliphatic heterocycles. The molecule has 0 bridgehead atoms. The first-order chi connectivity index (χ1) is 15.7. The third-order valence-corrected chi connectivity index (χ3v) is 5.39. The van der Waals surface area contributed by atoms with Crippen LogP contribution >= 0.6 is 7.82 Å². The zero-order chi connectivity index (χ0) is 23.6. The number of nitrogens with one attached hydrogen (secondary N) is 2. The second kappa shape index (κ2) is 9.57. The van der Waals surface area contributed by atoms with Crippen molar-refractivity contribution in [1.29, 1.82) is 0 Å². The number of hydrogen-bond donors (Lipinski definition) is 6. The van der Waals surface area contributed by atoms with Crippen LogP contribution in [-0.4, -0.2) is 78.3 Å². The summed E-state index contributed by atoms with van der Waals surface area (Å²) >= 11 is 0. The van der Waals surface area contributed by atoms with Crippen LogP contribution in [0.2, 0.25) is 0 Å². The Kier molecular flexibility index (Phi) is 6.76. The first-order valence-corrected chi connectivity index (χ1v) is 11.2. The molecular weight excluding hydrogens is 461 g/mol. The van der Waals surface area contributed by atoms with Crippen LogP contribution in [0.1, 0.15) is 5.56 Å². The molecule has 0 saturated carbocycles. The van der Waals surface area contributed by atoms with Crippen molar-refractivity contribution < 1.29 is 43.3 Å². The molecule has 3 heterocycles. The standard InChI is InChI=1S/C18H22N5O9P/c1-29-10-2-3-11(31-18-15(25)14(24)12(32-18)6-30-33(26,27)28)9(4-10)5-19-16-13-17(21-7-20-13)23-8-22-16/h2-4,7-8,12,14-15,18,24-25H,5-6H2,1H3,(H2,26,27,28)(H2,19,20,21,22,23)/t12-,14-,15-,18?/m1/s1. The molecule has 0 amide bonds. The van der Waals surface area contributed by atoms with Gasteiger partial charge in [0.2, 0.25) is 6.29 Å². The van der Waals surface area contributed by atoms with Gasteiger partial charge in [-0.05, 0) is 18.2 Å². The number of benzene rings is 1. The first kappa shape index (κ1) is 23.3. The normalized spacial score (nSPS) is 23.1. The predicted molar refractivity (Wildman–Crippen MR) is 111 cm³/mol. The maximum absolute atomic E-state index is 10.9. The number of aromatic amines is 1. The number of H-pyrrole nitrogens is 1. The molecule has 1 aliphatic rings. The zero-order valence-electron chi connectivity index (χ0n) is 17.2. The highest BCUT2D eigenvalue weighted by molar-refractivity contribution is 7.46. The van der Waals surface area contributed by atoms with Gasteiger partial charge >= 0.3 is 7.82 Å². The lowest BCUT2D eigenvalue weighted by Crippen LogP contribution is -2.36. The molecule has 2 aromatic heterocycles. The van der Waals surface area contributed by atoms with Crippen LogP contribution in [-0.2, 0) is 20.4 Å². The molecule has 4 rings (SSSR count). The van der Waals surface area contributed by atoms with E-state index in [4.69, 9.17) is 24.0 Å². The molecule has 0 radical (unpaired) electrons. The predicted octanol–water partition coefficient (Wildman–Crippen LogP) is -0.0916. The Hall–Kier alpha value is -2.84. The highest BCUT2D eigenvalue weighted by atomic mass is 31.2. The average Bonchev–Trinajstić information content (AvgIpc) is 3.37. The average molecular weight is 483 g/mol. The molecule has 0 spiro atoms. The number of phosphoric ester groups is 1. The summed E-state index contributed by atoms with van der Waals surface area (Å²) in [4.78, 5) is 33.0. The largest absolute Gasteiger partial charge is 0.497 e. The fourth-order valence-corrected chi connectivity index (χ4v) is 3.60. The second-order valence-corrected chi connectivity index (χ2v) is 8.32. The molecule has 1 fully saturated rings. The van der Waals surface area contributed by atoms with Crippen LogP contribution in [0.4, 0.5) is 5.82 Å². The lowest BCUT2D eigenvalue weighted by molar-refractivity contribution is -0.116. The van der Waals surface area contributed by atoms with Crippen LogP contribution < -0.4 is 14.8 Å². The van der Waals surface area contributed by atoms with Gasteiger partial charge in [-0.15, -0.1) is 0 Å². The summed E-state index contributed by atoms with van der Waals surface area (Å²) in [6.45, 7) is -0.402. The molecule has 1 saturated heterocycles. The number of phosphoric acid groups is 1. The quantitative estimate of drug-likeness (QED) is 0.221. The van der Waals surface area contributed by atoms with E-state index in [9.17, 15) is 14.8 Å². The van der Waals surface area contributed by atoms with Gasteiger partial charge in [-0.25, -0.2) is 19.5 Å². The Labute approximate surface area is 186 Å². The highest BCUT2D eigenvalue weighted by Gasteiger charge is 2.45. The Balaban J connectivity index is 1.50. The Bertz CT molecular complexity index is 1160. The third kappa shape index (κ3) is 5.39. The van der Waals surface area contributed by atoms with Crippen LogP contribution in [0.5, 0.6) is 11.5 Å².